The highest BCUT2D eigenvalue weighted by Gasteiger charge is 2.15. The van der Waals surface area contributed by atoms with Crippen molar-refractivity contribution >= 4 is 11.6 Å². The molecule has 32 heavy (non-hydrogen) atoms. The second-order valence-electron chi connectivity index (χ2n) is 7.34. The molecule has 0 bridgehead atoms. The van der Waals surface area contributed by atoms with Gasteiger partial charge in [-0.05, 0) is 55.8 Å². The SMILES string of the molecule is Cc1noc(C)c1COc1ccccc1C(=O)Nc1ccc(OCc2ccccc2)cc1. The smallest absolute Gasteiger partial charge is 0.259 e. The fourth-order valence-corrected chi connectivity index (χ4v) is 3.21. The number of carbonyl (C=O) groups excluding carboxylic acids is 1. The molecule has 0 saturated carbocycles. The Kier molecular flexibility index (Phi) is 6.51. The van der Waals surface area contributed by atoms with Gasteiger partial charge in [0.15, 0.2) is 0 Å². The third kappa shape index (κ3) is 5.16. The Balaban J connectivity index is 1.38. The van der Waals surface area contributed by atoms with E-state index in [9.17, 15) is 4.79 Å². The minimum atomic E-state index is -0.252. The van der Waals surface area contributed by atoms with Crippen LogP contribution in [0.15, 0.2) is 83.4 Å². The van der Waals surface area contributed by atoms with Crippen molar-refractivity contribution in [2.24, 2.45) is 0 Å². The van der Waals surface area contributed by atoms with Crippen molar-refractivity contribution in [1.29, 1.82) is 0 Å². The molecule has 1 amide bonds. The Morgan fingerprint density at radius 2 is 1.59 bits per heavy atom. The number of rotatable bonds is 8. The molecule has 0 spiro atoms. The van der Waals surface area contributed by atoms with Crippen molar-refractivity contribution < 1.29 is 18.8 Å². The van der Waals surface area contributed by atoms with E-state index in [0.717, 1.165) is 22.6 Å². The number of hydrogen-bond donors (Lipinski definition) is 1. The maximum absolute atomic E-state index is 12.9. The maximum atomic E-state index is 12.9. The molecule has 0 radical (unpaired) electrons. The first-order valence-electron chi connectivity index (χ1n) is 10.3. The Morgan fingerprint density at radius 3 is 2.31 bits per heavy atom. The predicted octanol–water partition coefficient (Wildman–Crippen LogP) is 5.70. The molecule has 4 aromatic rings. The molecule has 0 fully saturated rings. The summed E-state index contributed by atoms with van der Waals surface area (Å²) in [5, 5.41) is 6.84. The zero-order valence-corrected chi connectivity index (χ0v) is 18.0. The van der Waals surface area contributed by atoms with Crippen LogP contribution in [0.5, 0.6) is 11.5 Å². The molecule has 1 N–H and O–H groups in total. The molecule has 6 heteroatoms. The van der Waals surface area contributed by atoms with Crippen LogP contribution in [0.2, 0.25) is 0 Å². The summed E-state index contributed by atoms with van der Waals surface area (Å²) in [5.41, 5.74) is 3.87. The van der Waals surface area contributed by atoms with Crippen LogP contribution >= 0.6 is 0 Å². The zero-order chi connectivity index (χ0) is 22.3. The average molecular weight is 428 g/mol. The molecule has 0 aliphatic rings. The summed E-state index contributed by atoms with van der Waals surface area (Å²) in [7, 11) is 0. The molecular weight excluding hydrogens is 404 g/mol. The van der Waals surface area contributed by atoms with Gasteiger partial charge in [0.25, 0.3) is 5.91 Å². The number of nitrogens with zero attached hydrogens (tertiary/aromatic N) is 1. The van der Waals surface area contributed by atoms with E-state index < -0.39 is 0 Å². The average Bonchev–Trinajstić information content (AvgIpc) is 3.15. The van der Waals surface area contributed by atoms with E-state index in [4.69, 9.17) is 14.0 Å². The Hall–Kier alpha value is -4.06. The Labute approximate surface area is 186 Å². The second-order valence-corrected chi connectivity index (χ2v) is 7.34. The van der Waals surface area contributed by atoms with Crippen molar-refractivity contribution in [2.45, 2.75) is 27.1 Å². The van der Waals surface area contributed by atoms with Gasteiger partial charge < -0.3 is 19.3 Å². The van der Waals surface area contributed by atoms with E-state index >= 15 is 0 Å². The van der Waals surface area contributed by atoms with Gasteiger partial charge in [0, 0.05) is 5.69 Å². The van der Waals surface area contributed by atoms with Crippen LogP contribution in [0.4, 0.5) is 5.69 Å². The number of aryl methyl sites for hydroxylation is 2. The number of amides is 1. The summed E-state index contributed by atoms with van der Waals surface area (Å²) < 4.78 is 16.9. The first-order valence-corrected chi connectivity index (χ1v) is 10.3. The molecular formula is C26H24N2O4. The second kappa shape index (κ2) is 9.83. The minimum absolute atomic E-state index is 0.252. The molecule has 0 unspecified atom stereocenters. The van der Waals surface area contributed by atoms with Crippen LogP contribution in [0.25, 0.3) is 0 Å². The number of anilines is 1. The normalized spacial score (nSPS) is 10.6. The monoisotopic (exact) mass is 428 g/mol. The van der Waals surface area contributed by atoms with E-state index in [0.29, 0.717) is 29.4 Å². The van der Waals surface area contributed by atoms with E-state index in [1.54, 1.807) is 18.2 Å². The van der Waals surface area contributed by atoms with Gasteiger partial charge in [0.05, 0.1) is 16.8 Å². The molecule has 0 atom stereocenters. The first-order chi connectivity index (χ1) is 15.6. The Morgan fingerprint density at radius 1 is 0.875 bits per heavy atom. The van der Waals surface area contributed by atoms with Crippen LogP contribution in [0.3, 0.4) is 0 Å². The number of carbonyl (C=O) groups is 1. The van der Waals surface area contributed by atoms with Crippen molar-refractivity contribution in [2.75, 3.05) is 5.32 Å². The highest BCUT2D eigenvalue weighted by Crippen LogP contribution is 2.23. The summed E-state index contributed by atoms with van der Waals surface area (Å²) in [5.74, 6) is 1.68. The molecule has 1 heterocycles. The lowest BCUT2D eigenvalue weighted by atomic mass is 10.1. The lowest BCUT2D eigenvalue weighted by Crippen LogP contribution is -2.13. The van der Waals surface area contributed by atoms with E-state index in [2.05, 4.69) is 10.5 Å². The number of para-hydroxylation sites is 1. The summed E-state index contributed by atoms with van der Waals surface area (Å²) in [4.78, 5) is 12.9. The van der Waals surface area contributed by atoms with Crippen molar-refractivity contribution in [3.63, 3.8) is 0 Å². The van der Waals surface area contributed by atoms with Gasteiger partial charge in [-0.1, -0.05) is 47.6 Å². The van der Waals surface area contributed by atoms with Crippen LogP contribution in [-0.4, -0.2) is 11.1 Å². The lowest BCUT2D eigenvalue weighted by molar-refractivity contribution is 0.102. The van der Waals surface area contributed by atoms with Crippen LogP contribution < -0.4 is 14.8 Å². The minimum Gasteiger partial charge on any atom is -0.489 e. The third-order valence-corrected chi connectivity index (χ3v) is 5.05. The van der Waals surface area contributed by atoms with Crippen LogP contribution in [-0.2, 0) is 13.2 Å². The van der Waals surface area contributed by atoms with Crippen molar-refractivity contribution in [3.8, 4) is 11.5 Å². The standard InChI is InChI=1S/C26H24N2O4/c1-18-24(19(2)32-28-18)17-31-25-11-7-6-10-23(25)26(29)27-21-12-14-22(15-13-21)30-16-20-8-4-3-5-9-20/h3-15H,16-17H2,1-2H3,(H,27,29). The first kappa shape index (κ1) is 21.2. The van der Waals surface area contributed by atoms with E-state index in [1.807, 2.05) is 74.5 Å². The summed E-state index contributed by atoms with van der Waals surface area (Å²) in [6, 6.07) is 24.4. The quantitative estimate of drug-likeness (QED) is 0.390. The van der Waals surface area contributed by atoms with Crippen molar-refractivity contribution in [1.82, 2.24) is 5.16 Å². The van der Waals surface area contributed by atoms with Gasteiger partial charge in [-0.15, -0.1) is 0 Å². The number of benzene rings is 3. The fraction of sp³-hybridized carbons (Fsp3) is 0.154. The van der Waals surface area contributed by atoms with Crippen LogP contribution in [0.1, 0.15) is 32.9 Å². The summed E-state index contributed by atoms with van der Waals surface area (Å²) in [6.07, 6.45) is 0. The number of aromatic nitrogens is 1. The molecule has 3 aromatic carbocycles. The molecule has 0 saturated heterocycles. The highest BCUT2D eigenvalue weighted by molar-refractivity contribution is 6.06. The maximum Gasteiger partial charge on any atom is 0.259 e. The van der Waals surface area contributed by atoms with Crippen molar-refractivity contribution in [3.05, 3.63) is 107 Å². The molecule has 0 aliphatic heterocycles. The van der Waals surface area contributed by atoms with Gasteiger partial charge in [-0.25, -0.2) is 0 Å². The zero-order valence-electron chi connectivity index (χ0n) is 18.0. The summed E-state index contributed by atoms with van der Waals surface area (Å²) in [6.45, 7) is 4.47. The molecule has 1 aromatic heterocycles. The lowest BCUT2D eigenvalue weighted by Gasteiger charge is -2.12. The molecule has 4 rings (SSSR count). The number of nitrogens with one attached hydrogen (secondary N) is 1. The highest BCUT2D eigenvalue weighted by atomic mass is 16.5. The molecule has 6 nitrogen and oxygen atoms in total. The van der Waals surface area contributed by atoms with Gasteiger partial charge >= 0.3 is 0 Å². The predicted molar refractivity (Wildman–Crippen MR) is 122 cm³/mol. The van der Waals surface area contributed by atoms with Gasteiger partial charge in [0.2, 0.25) is 0 Å². The number of hydrogen-bond acceptors (Lipinski definition) is 5. The van der Waals surface area contributed by atoms with E-state index in [-0.39, 0.29) is 12.5 Å². The van der Waals surface area contributed by atoms with Gasteiger partial charge in [-0.3, -0.25) is 4.79 Å². The topological polar surface area (TPSA) is 73.6 Å². The molecule has 0 aliphatic carbocycles. The fourth-order valence-electron chi connectivity index (χ4n) is 3.21. The number of ether oxygens (including phenoxy) is 2. The van der Waals surface area contributed by atoms with E-state index in [1.165, 1.54) is 0 Å². The van der Waals surface area contributed by atoms with Crippen LogP contribution in [0, 0.1) is 13.8 Å². The summed E-state index contributed by atoms with van der Waals surface area (Å²) >= 11 is 0. The van der Waals surface area contributed by atoms with Gasteiger partial charge in [-0.2, -0.15) is 0 Å². The van der Waals surface area contributed by atoms with Gasteiger partial charge in [0.1, 0.15) is 30.5 Å². The Bertz CT molecular complexity index is 1160. The third-order valence-electron chi connectivity index (χ3n) is 5.05. The molecule has 162 valence electrons. The largest absolute Gasteiger partial charge is 0.489 e.